The SMILES string of the molecule is Cc1noc(C)c1CNC(=O)c1c(-n2cccc2)sc2c1CCCC2. The molecule has 0 unspecified atom stereocenters. The van der Waals surface area contributed by atoms with Crippen LogP contribution < -0.4 is 5.32 Å². The number of carbonyl (C=O) groups excluding carboxylic acids is 1. The quantitative estimate of drug-likeness (QED) is 0.771. The van der Waals surface area contributed by atoms with Crippen molar-refractivity contribution in [2.45, 2.75) is 46.1 Å². The predicted molar refractivity (Wildman–Crippen MR) is 97.4 cm³/mol. The van der Waals surface area contributed by atoms with E-state index >= 15 is 0 Å². The highest BCUT2D eigenvalue weighted by Gasteiger charge is 2.26. The summed E-state index contributed by atoms with van der Waals surface area (Å²) < 4.78 is 7.24. The van der Waals surface area contributed by atoms with E-state index in [4.69, 9.17) is 4.52 Å². The Bertz CT molecular complexity index is 886. The first-order chi connectivity index (χ1) is 12.1. The van der Waals surface area contributed by atoms with E-state index in [0.29, 0.717) is 6.54 Å². The minimum Gasteiger partial charge on any atom is -0.361 e. The molecule has 1 aliphatic rings. The monoisotopic (exact) mass is 355 g/mol. The summed E-state index contributed by atoms with van der Waals surface area (Å²) in [4.78, 5) is 14.4. The van der Waals surface area contributed by atoms with Crippen LogP contribution in [0.25, 0.3) is 5.00 Å². The van der Waals surface area contributed by atoms with Crippen LogP contribution in [0.15, 0.2) is 29.0 Å². The molecule has 1 amide bonds. The molecule has 0 saturated heterocycles. The van der Waals surface area contributed by atoms with Crippen molar-refractivity contribution in [2.24, 2.45) is 0 Å². The lowest BCUT2D eigenvalue weighted by atomic mass is 9.95. The average molecular weight is 355 g/mol. The number of rotatable bonds is 4. The zero-order valence-corrected chi connectivity index (χ0v) is 15.3. The van der Waals surface area contributed by atoms with E-state index in [1.807, 2.05) is 42.9 Å². The largest absolute Gasteiger partial charge is 0.361 e. The molecule has 1 aliphatic carbocycles. The normalized spacial score (nSPS) is 13.7. The van der Waals surface area contributed by atoms with E-state index in [-0.39, 0.29) is 5.91 Å². The summed E-state index contributed by atoms with van der Waals surface area (Å²) >= 11 is 1.75. The number of aryl methyl sites for hydroxylation is 3. The Kier molecular flexibility index (Phi) is 4.21. The van der Waals surface area contributed by atoms with Gasteiger partial charge in [-0.25, -0.2) is 0 Å². The molecule has 25 heavy (non-hydrogen) atoms. The molecule has 6 heteroatoms. The molecule has 0 saturated carbocycles. The van der Waals surface area contributed by atoms with Crippen molar-refractivity contribution in [3.8, 4) is 5.00 Å². The third kappa shape index (κ3) is 2.91. The topological polar surface area (TPSA) is 60.1 Å². The number of aromatic nitrogens is 2. The van der Waals surface area contributed by atoms with E-state index in [1.54, 1.807) is 11.3 Å². The van der Waals surface area contributed by atoms with Crippen molar-refractivity contribution in [1.82, 2.24) is 15.0 Å². The van der Waals surface area contributed by atoms with Crippen LogP contribution in [0.3, 0.4) is 0 Å². The molecule has 0 fully saturated rings. The highest BCUT2D eigenvalue weighted by molar-refractivity contribution is 7.15. The van der Waals surface area contributed by atoms with Gasteiger partial charge in [0.1, 0.15) is 10.8 Å². The van der Waals surface area contributed by atoms with Crippen LogP contribution in [0, 0.1) is 13.8 Å². The molecular weight excluding hydrogens is 334 g/mol. The molecule has 1 N–H and O–H groups in total. The fourth-order valence-electron chi connectivity index (χ4n) is 3.45. The van der Waals surface area contributed by atoms with E-state index in [1.165, 1.54) is 16.9 Å². The number of fused-ring (bicyclic) bond motifs is 1. The second kappa shape index (κ2) is 6.52. The lowest BCUT2D eigenvalue weighted by Gasteiger charge is -2.13. The molecule has 0 radical (unpaired) electrons. The average Bonchev–Trinajstić information content (AvgIpc) is 3.32. The van der Waals surface area contributed by atoms with Crippen molar-refractivity contribution in [3.63, 3.8) is 0 Å². The highest BCUT2D eigenvalue weighted by Crippen LogP contribution is 2.36. The van der Waals surface area contributed by atoms with Gasteiger partial charge in [-0.2, -0.15) is 0 Å². The standard InChI is InChI=1S/C19H21N3O2S/c1-12-15(13(2)24-21-12)11-20-18(23)17-14-7-3-4-8-16(14)25-19(17)22-9-5-6-10-22/h5-6,9-10H,3-4,7-8,11H2,1-2H3,(H,20,23). The Labute approximate surface area is 150 Å². The molecule has 0 atom stereocenters. The first kappa shape index (κ1) is 16.1. The van der Waals surface area contributed by atoms with Crippen LogP contribution in [-0.2, 0) is 19.4 Å². The maximum absolute atomic E-state index is 13.0. The number of thiophene rings is 1. The smallest absolute Gasteiger partial charge is 0.254 e. The zero-order valence-electron chi connectivity index (χ0n) is 14.5. The van der Waals surface area contributed by atoms with Gasteiger partial charge in [0, 0.05) is 29.4 Å². The first-order valence-corrected chi connectivity index (χ1v) is 9.44. The third-order valence-electron chi connectivity index (χ3n) is 4.83. The fourth-order valence-corrected chi connectivity index (χ4v) is 4.80. The molecule has 3 heterocycles. The van der Waals surface area contributed by atoms with Crippen LogP contribution in [0.1, 0.15) is 50.7 Å². The summed E-state index contributed by atoms with van der Waals surface area (Å²) in [6, 6.07) is 3.98. The number of amides is 1. The fraction of sp³-hybridized carbons (Fsp3) is 0.368. The number of nitrogens with zero attached hydrogens (tertiary/aromatic N) is 2. The number of hydrogen-bond acceptors (Lipinski definition) is 4. The van der Waals surface area contributed by atoms with Crippen molar-refractivity contribution in [2.75, 3.05) is 0 Å². The molecule has 0 spiro atoms. The molecule has 3 aromatic heterocycles. The predicted octanol–water partition coefficient (Wildman–Crippen LogP) is 3.95. The van der Waals surface area contributed by atoms with E-state index in [9.17, 15) is 4.79 Å². The second-order valence-electron chi connectivity index (χ2n) is 6.47. The third-order valence-corrected chi connectivity index (χ3v) is 6.13. The summed E-state index contributed by atoms with van der Waals surface area (Å²) in [5, 5.41) is 8.05. The van der Waals surface area contributed by atoms with Gasteiger partial charge in [0.05, 0.1) is 11.3 Å². The summed E-state index contributed by atoms with van der Waals surface area (Å²) in [6.45, 7) is 4.21. The van der Waals surface area contributed by atoms with Gasteiger partial charge in [-0.3, -0.25) is 4.79 Å². The molecule has 0 bridgehead atoms. The Morgan fingerprint density at radius 1 is 1.28 bits per heavy atom. The van der Waals surface area contributed by atoms with Crippen molar-refractivity contribution >= 4 is 17.2 Å². The minimum atomic E-state index is -0.0110. The van der Waals surface area contributed by atoms with Gasteiger partial charge in [-0.15, -0.1) is 11.3 Å². The maximum atomic E-state index is 13.0. The summed E-state index contributed by atoms with van der Waals surface area (Å²) in [6.07, 6.45) is 8.43. The number of nitrogens with one attached hydrogen (secondary N) is 1. The minimum absolute atomic E-state index is 0.0110. The number of hydrogen-bond donors (Lipinski definition) is 1. The van der Waals surface area contributed by atoms with Gasteiger partial charge in [0.15, 0.2) is 0 Å². The molecule has 0 aromatic carbocycles. The second-order valence-corrected chi connectivity index (χ2v) is 7.55. The van der Waals surface area contributed by atoms with Gasteiger partial charge < -0.3 is 14.4 Å². The van der Waals surface area contributed by atoms with Crippen LogP contribution in [-0.4, -0.2) is 15.6 Å². The van der Waals surface area contributed by atoms with Crippen molar-refractivity contribution in [3.05, 3.63) is 57.5 Å². The summed E-state index contributed by atoms with van der Waals surface area (Å²) in [5.74, 6) is 0.749. The van der Waals surface area contributed by atoms with Crippen LogP contribution in [0.5, 0.6) is 0 Å². The van der Waals surface area contributed by atoms with E-state index < -0.39 is 0 Å². The zero-order chi connectivity index (χ0) is 17.4. The Morgan fingerprint density at radius 2 is 2.04 bits per heavy atom. The van der Waals surface area contributed by atoms with Crippen LogP contribution in [0.2, 0.25) is 0 Å². The molecule has 130 valence electrons. The summed E-state index contributed by atoms with van der Waals surface area (Å²) in [5.41, 5.74) is 3.86. The van der Waals surface area contributed by atoms with Crippen LogP contribution >= 0.6 is 11.3 Å². The molecule has 3 aromatic rings. The van der Waals surface area contributed by atoms with Crippen molar-refractivity contribution < 1.29 is 9.32 Å². The lowest BCUT2D eigenvalue weighted by molar-refractivity contribution is 0.0950. The Morgan fingerprint density at radius 3 is 2.76 bits per heavy atom. The molecule has 0 aliphatic heterocycles. The summed E-state index contributed by atoms with van der Waals surface area (Å²) in [7, 11) is 0. The maximum Gasteiger partial charge on any atom is 0.254 e. The van der Waals surface area contributed by atoms with Crippen molar-refractivity contribution in [1.29, 1.82) is 0 Å². The van der Waals surface area contributed by atoms with Gasteiger partial charge in [0.2, 0.25) is 0 Å². The van der Waals surface area contributed by atoms with Crippen LogP contribution in [0.4, 0.5) is 0 Å². The highest BCUT2D eigenvalue weighted by atomic mass is 32.1. The molecular formula is C19H21N3O2S. The first-order valence-electron chi connectivity index (χ1n) is 8.63. The van der Waals surface area contributed by atoms with Gasteiger partial charge in [-0.1, -0.05) is 5.16 Å². The van der Waals surface area contributed by atoms with Gasteiger partial charge in [-0.05, 0) is 57.2 Å². The van der Waals surface area contributed by atoms with E-state index in [2.05, 4.69) is 10.5 Å². The van der Waals surface area contributed by atoms with Gasteiger partial charge >= 0.3 is 0 Å². The van der Waals surface area contributed by atoms with E-state index in [0.717, 1.165) is 46.8 Å². The number of carbonyl (C=O) groups is 1. The Balaban J connectivity index is 1.66. The lowest BCUT2D eigenvalue weighted by Crippen LogP contribution is -2.25. The molecule has 5 nitrogen and oxygen atoms in total. The van der Waals surface area contributed by atoms with Gasteiger partial charge in [0.25, 0.3) is 5.91 Å². The Hall–Kier alpha value is -2.34. The molecule has 4 rings (SSSR count).